The van der Waals surface area contributed by atoms with Crippen LogP contribution in [0.5, 0.6) is 0 Å². The summed E-state index contributed by atoms with van der Waals surface area (Å²) in [7, 11) is 0. The molecule has 7 nitrogen and oxygen atoms in total. The van der Waals surface area contributed by atoms with Gasteiger partial charge < -0.3 is 15.5 Å². The molecule has 0 bridgehead atoms. The molecule has 2 aromatic heterocycles. The van der Waals surface area contributed by atoms with Gasteiger partial charge in [-0.2, -0.15) is 9.61 Å². The van der Waals surface area contributed by atoms with E-state index in [1.54, 1.807) is 4.52 Å². The molecule has 0 spiro atoms. The average molecular weight is 274 g/mol. The summed E-state index contributed by atoms with van der Waals surface area (Å²) in [5.41, 5.74) is 1.87. The molecule has 0 atom stereocenters. The van der Waals surface area contributed by atoms with Crippen LogP contribution in [-0.2, 0) is 4.79 Å². The Morgan fingerprint density at radius 3 is 3.00 bits per heavy atom. The van der Waals surface area contributed by atoms with Crippen molar-refractivity contribution in [3.8, 4) is 0 Å². The molecule has 2 N–H and O–H groups in total. The van der Waals surface area contributed by atoms with Gasteiger partial charge in [-0.05, 0) is 24.6 Å². The molecule has 2 aromatic rings. The van der Waals surface area contributed by atoms with Gasteiger partial charge in [0.15, 0.2) is 5.65 Å². The number of nitrogens with one attached hydrogen (secondary N) is 2. The molecule has 1 aliphatic rings. The number of carbonyl (C=O) groups is 1. The number of piperazine rings is 1. The second kappa shape index (κ2) is 5.46. The van der Waals surface area contributed by atoms with E-state index < -0.39 is 0 Å². The first kappa shape index (κ1) is 12.9. The van der Waals surface area contributed by atoms with Gasteiger partial charge in [-0.25, -0.2) is 4.98 Å². The average Bonchev–Trinajstić information content (AvgIpc) is 2.93. The van der Waals surface area contributed by atoms with Crippen molar-refractivity contribution in [2.45, 2.75) is 6.92 Å². The van der Waals surface area contributed by atoms with Crippen LogP contribution in [0.1, 0.15) is 5.56 Å². The van der Waals surface area contributed by atoms with E-state index in [1.165, 1.54) is 6.33 Å². The van der Waals surface area contributed by atoms with E-state index in [1.807, 2.05) is 24.0 Å². The molecule has 20 heavy (non-hydrogen) atoms. The number of hydrogen-bond acceptors (Lipinski definition) is 5. The number of fused-ring (bicyclic) bond motifs is 1. The van der Waals surface area contributed by atoms with Crippen LogP contribution in [0.25, 0.3) is 5.65 Å². The minimum atomic E-state index is 0.112. The van der Waals surface area contributed by atoms with E-state index in [0.29, 0.717) is 0 Å². The van der Waals surface area contributed by atoms with Crippen LogP contribution in [0.3, 0.4) is 0 Å². The lowest BCUT2D eigenvalue weighted by atomic mass is 10.3. The van der Waals surface area contributed by atoms with Crippen LogP contribution in [0.15, 0.2) is 18.5 Å². The Kier molecular flexibility index (Phi) is 3.51. The van der Waals surface area contributed by atoms with Gasteiger partial charge in [0.25, 0.3) is 0 Å². The van der Waals surface area contributed by atoms with Crippen LogP contribution in [0, 0.1) is 6.92 Å². The van der Waals surface area contributed by atoms with Crippen molar-refractivity contribution < 1.29 is 4.79 Å². The molecule has 0 aromatic carbocycles. The van der Waals surface area contributed by atoms with Crippen LogP contribution in [-0.4, -0.2) is 58.1 Å². The van der Waals surface area contributed by atoms with Gasteiger partial charge in [0.1, 0.15) is 12.1 Å². The summed E-state index contributed by atoms with van der Waals surface area (Å²) in [6.07, 6.45) is 1.51. The Morgan fingerprint density at radius 2 is 2.20 bits per heavy atom. The number of aromatic nitrogens is 3. The summed E-state index contributed by atoms with van der Waals surface area (Å²) < 4.78 is 1.71. The molecule has 1 saturated heterocycles. The zero-order valence-electron chi connectivity index (χ0n) is 11.5. The highest BCUT2D eigenvalue weighted by Crippen LogP contribution is 2.12. The SMILES string of the molecule is Cc1cc(NCC(=O)N2CCNCC2)n2ncnc2c1. The molecular weight excluding hydrogens is 256 g/mol. The van der Waals surface area contributed by atoms with Crippen molar-refractivity contribution in [1.82, 2.24) is 24.8 Å². The number of aryl methyl sites for hydroxylation is 1. The maximum Gasteiger partial charge on any atom is 0.242 e. The van der Waals surface area contributed by atoms with E-state index in [-0.39, 0.29) is 12.5 Å². The van der Waals surface area contributed by atoms with Crippen LogP contribution in [0.4, 0.5) is 5.82 Å². The van der Waals surface area contributed by atoms with E-state index in [0.717, 1.165) is 43.2 Å². The third-order valence-electron chi connectivity index (χ3n) is 3.41. The maximum atomic E-state index is 12.1. The second-order valence-corrected chi connectivity index (χ2v) is 4.93. The molecule has 0 saturated carbocycles. The normalized spacial score (nSPS) is 15.6. The molecule has 1 aliphatic heterocycles. The van der Waals surface area contributed by atoms with Gasteiger partial charge >= 0.3 is 0 Å². The zero-order chi connectivity index (χ0) is 13.9. The minimum absolute atomic E-state index is 0.112. The molecule has 0 radical (unpaired) electrons. The smallest absolute Gasteiger partial charge is 0.242 e. The zero-order valence-corrected chi connectivity index (χ0v) is 11.5. The van der Waals surface area contributed by atoms with Crippen LogP contribution >= 0.6 is 0 Å². The Labute approximate surface area is 117 Å². The van der Waals surface area contributed by atoms with E-state index in [2.05, 4.69) is 20.7 Å². The summed E-state index contributed by atoms with van der Waals surface area (Å²) in [4.78, 5) is 18.2. The summed E-state index contributed by atoms with van der Waals surface area (Å²) in [6, 6.07) is 3.92. The van der Waals surface area contributed by atoms with E-state index in [4.69, 9.17) is 0 Å². The predicted octanol–water partition coefficient (Wildman–Crippen LogP) is -0.119. The quantitative estimate of drug-likeness (QED) is 0.816. The first-order valence-corrected chi connectivity index (χ1v) is 6.77. The van der Waals surface area contributed by atoms with Gasteiger partial charge in [0.05, 0.1) is 6.54 Å². The predicted molar refractivity (Wildman–Crippen MR) is 75.7 cm³/mol. The highest BCUT2D eigenvalue weighted by atomic mass is 16.2. The molecule has 1 fully saturated rings. The van der Waals surface area contributed by atoms with Crippen molar-refractivity contribution in [2.24, 2.45) is 0 Å². The molecular formula is C13H18N6O. The number of nitrogens with zero attached hydrogens (tertiary/aromatic N) is 4. The highest BCUT2D eigenvalue weighted by molar-refractivity contribution is 5.80. The third-order valence-corrected chi connectivity index (χ3v) is 3.41. The van der Waals surface area contributed by atoms with Crippen molar-refractivity contribution in [1.29, 1.82) is 0 Å². The molecule has 3 heterocycles. The number of rotatable bonds is 3. The summed E-state index contributed by atoms with van der Waals surface area (Å²) in [5, 5.41) is 10.6. The van der Waals surface area contributed by atoms with Gasteiger partial charge in [-0.15, -0.1) is 0 Å². The number of anilines is 1. The number of carbonyl (C=O) groups excluding carboxylic acids is 1. The molecule has 0 unspecified atom stereocenters. The van der Waals surface area contributed by atoms with Crippen molar-refractivity contribution >= 4 is 17.4 Å². The fraction of sp³-hybridized carbons (Fsp3) is 0.462. The second-order valence-electron chi connectivity index (χ2n) is 4.93. The number of amides is 1. The lowest BCUT2D eigenvalue weighted by Gasteiger charge is -2.27. The number of pyridine rings is 1. The van der Waals surface area contributed by atoms with Gasteiger partial charge in [-0.3, -0.25) is 4.79 Å². The topological polar surface area (TPSA) is 74.6 Å². The van der Waals surface area contributed by atoms with Crippen LogP contribution in [0.2, 0.25) is 0 Å². The standard InChI is InChI=1S/C13H18N6O/c1-10-6-11(19-12(7-10)16-9-17-19)15-8-13(20)18-4-2-14-3-5-18/h6-7,9,14-15H,2-5,8H2,1H3. The maximum absolute atomic E-state index is 12.1. The summed E-state index contributed by atoms with van der Waals surface area (Å²) in [6.45, 7) is 5.55. The van der Waals surface area contributed by atoms with Gasteiger partial charge in [0.2, 0.25) is 5.91 Å². The molecule has 1 amide bonds. The minimum Gasteiger partial charge on any atom is -0.361 e. The van der Waals surface area contributed by atoms with E-state index >= 15 is 0 Å². The lowest BCUT2D eigenvalue weighted by Crippen LogP contribution is -2.48. The molecule has 106 valence electrons. The third kappa shape index (κ3) is 2.57. The first-order chi connectivity index (χ1) is 9.74. The number of hydrogen-bond donors (Lipinski definition) is 2. The van der Waals surface area contributed by atoms with Gasteiger partial charge in [-0.1, -0.05) is 0 Å². The van der Waals surface area contributed by atoms with Crippen molar-refractivity contribution in [3.05, 3.63) is 24.0 Å². The Balaban J connectivity index is 1.70. The summed E-state index contributed by atoms with van der Waals surface area (Å²) >= 11 is 0. The monoisotopic (exact) mass is 274 g/mol. The first-order valence-electron chi connectivity index (χ1n) is 6.77. The Hall–Kier alpha value is -2.15. The van der Waals surface area contributed by atoms with Crippen LogP contribution < -0.4 is 10.6 Å². The van der Waals surface area contributed by atoms with Crippen molar-refractivity contribution in [3.63, 3.8) is 0 Å². The fourth-order valence-corrected chi connectivity index (χ4v) is 2.37. The molecule has 7 heteroatoms. The van der Waals surface area contributed by atoms with Gasteiger partial charge in [0, 0.05) is 26.2 Å². The Bertz CT molecular complexity index is 616. The van der Waals surface area contributed by atoms with E-state index in [9.17, 15) is 4.79 Å². The fourth-order valence-electron chi connectivity index (χ4n) is 2.37. The summed E-state index contributed by atoms with van der Waals surface area (Å²) in [5.74, 6) is 0.905. The molecule has 0 aliphatic carbocycles. The lowest BCUT2D eigenvalue weighted by molar-refractivity contribution is -0.129. The molecule has 3 rings (SSSR count). The highest BCUT2D eigenvalue weighted by Gasteiger charge is 2.16. The largest absolute Gasteiger partial charge is 0.361 e. The van der Waals surface area contributed by atoms with Crippen molar-refractivity contribution in [2.75, 3.05) is 38.0 Å². The Morgan fingerprint density at radius 1 is 1.40 bits per heavy atom.